The van der Waals surface area contributed by atoms with E-state index in [9.17, 15) is 4.79 Å². The minimum atomic E-state index is -0.00390. The second kappa shape index (κ2) is 6.75. The largest absolute Gasteiger partial charge is 0.482 e. The van der Waals surface area contributed by atoms with Gasteiger partial charge in [-0.05, 0) is 43.4 Å². The average Bonchev–Trinajstić information content (AvgIpc) is 2.43. The second-order valence-corrected chi connectivity index (χ2v) is 5.48. The van der Waals surface area contributed by atoms with Gasteiger partial charge in [0.2, 0.25) is 0 Å². The molecule has 4 nitrogen and oxygen atoms in total. The van der Waals surface area contributed by atoms with Gasteiger partial charge in [0.25, 0.3) is 5.91 Å². The van der Waals surface area contributed by atoms with Crippen LogP contribution in [0.4, 0.5) is 5.69 Å². The van der Waals surface area contributed by atoms with Crippen molar-refractivity contribution in [2.45, 2.75) is 45.1 Å². The summed E-state index contributed by atoms with van der Waals surface area (Å²) in [5, 5.41) is 0. The van der Waals surface area contributed by atoms with Gasteiger partial charge in [0.1, 0.15) is 5.75 Å². The molecule has 0 aromatic heterocycles. The maximum absolute atomic E-state index is 11.5. The first-order valence-electron chi connectivity index (χ1n) is 7.39. The molecule has 1 aromatic carbocycles. The number of amides is 1. The molecular weight excluding hydrogens is 252 g/mol. The molecule has 1 aliphatic heterocycles. The van der Waals surface area contributed by atoms with Crippen molar-refractivity contribution in [3.8, 4) is 5.75 Å². The van der Waals surface area contributed by atoms with Crippen molar-refractivity contribution in [2.75, 3.05) is 18.6 Å². The molecule has 0 spiro atoms. The molecule has 1 heterocycles. The van der Waals surface area contributed by atoms with Crippen LogP contribution in [0.15, 0.2) is 18.2 Å². The van der Waals surface area contributed by atoms with Crippen LogP contribution < -0.4 is 15.4 Å². The Hall–Kier alpha value is -1.55. The number of benzene rings is 1. The van der Waals surface area contributed by atoms with Crippen molar-refractivity contribution in [1.82, 2.24) is 0 Å². The summed E-state index contributed by atoms with van der Waals surface area (Å²) in [5.74, 6) is 0.804. The third-order valence-electron chi connectivity index (χ3n) is 3.81. The lowest BCUT2D eigenvalue weighted by molar-refractivity contribution is -0.120. The third kappa shape index (κ3) is 3.51. The summed E-state index contributed by atoms with van der Waals surface area (Å²) in [7, 11) is 1.78. The van der Waals surface area contributed by atoms with E-state index in [0.29, 0.717) is 6.04 Å². The zero-order valence-corrected chi connectivity index (χ0v) is 12.4. The van der Waals surface area contributed by atoms with Crippen molar-refractivity contribution in [3.05, 3.63) is 23.8 Å². The molecule has 4 heteroatoms. The molecule has 1 aromatic rings. The number of rotatable bonds is 6. The summed E-state index contributed by atoms with van der Waals surface area (Å²) in [6.45, 7) is 2.30. The fourth-order valence-corrected chi connectivity index (χ4v) is 2.56. The van der Waals surface area contributed by atoms with Crippen LogP contribution >= 0.6 is 0 Å². The average molecular weight is 276 g/mol. The Morgan fingerprint density at radius 1 is 1.40 bits per heavy atom. The summed E-state index contributed by atoms with van der Waals surface area (Å²) >= 11 is 0. The minimum Gasteiger partial charge on any atom is -0.482 e. The Labute approximate surface area is 120 Å². The number of hydrogen-bond donors (Lipinski definition) is 1. The highest BCUT2D eigenvalue weighted by Crippen LogP contribution is 2.32. The highest BCUT2D eigenvalue weighted by molar-refractivity contribution is 5.97. The van der Waals surface area contributed by atoms with Crippen molar-refractivity contribution >= 4 is 11.6 Å². The molecule has 1 amide bonds. The van der Waals surface area contributed by atoms with Crippen LogP contribution in [-0.4, -0.2) is 25.6 Å². The first-order chi connectivity index (χ1) is 9.61. The Kier molecular flexibility index (Phi) is 5.01. The molecule has 0 saturated heterocycles. The van der Waals surface area contributed by atoms with Gasteiger partial charge in [0, 0.05) is 13.1 Å². The number of ether oxygens (including phenoxy) is 1. The van der Waals surface area contributed by atoms with E-state index in [2.05, 4.69) is 13.0 Å². The predicted molar refractivity (Wildman–Crippen MR) is 81.2 cm³/mol. The molecule has 0 fully saturated rings. The molecule has 110 valence electrons. The number of nitrogens with zero attached hydrogens (tertiary/aromatic N) is 1. The summed E-state index contributed by atoms with van der Waals surface area (Å²) in [4.78, 5) is 13.2. The Morgan fingerprint density at radius 3 is 2.95 bits per heavy atom. The smallest absolute Gasteiger partial charge is 0.264 e. The Bertz CT molecular complexity index is 474. The fourth-order valence-electron chi connectivity index (χ4n) is 2.56. The van der Waals surface area contributed by atoms with Gasteiger partial charge in [0.15, 0.2) is 6.61 Å². The third-order valence-corrected chi connectivity index (χ3v) is 3.81. The molecular formula is C16H24N2O2. The molecule has 2 N–H and O–H groups in total. The molecule has 1 atom stereocenters. The monoisotopic (exact) mass is 276 g/mol. The fraction of sp³-hybridized carbons (Fsp3) is 0.562. The lowest BCUT2D eigenvalue weighted by Gasteiger charge is -2.26. The molecule has 0 aliphatic carbocycles. The number of carbonyl (C=O) groups is 1. The SMILES string of the molecule is CCCC(N)CCCc1ccc2c(c1)OCC(=O)N2C. The van der Waals surface area contributed by atoms with Crippen molar-refractivity contribution in [2.24, 2.45) is 5.73 Å². The van der Waals surface area contributed by atoms with E-state index in [-0.39, 0.29) is 12.5 Å². The van der Waals surface area contributed by atoms with Crippen LogP contribution in [-0.2, 0) is 11.2 Å². The molecule has 2 rings (SSSR count). The summed E-state index contributed by atoms with van der Waals surface area (Å²) < 4.78 is 5.50. The molecule has 1 aliphatic rings. The van der Waals surface area contributed by atoms with Crippen LogP contribution in [0.25, 0.3) is 0 Å². The zero-order valence-electron chi connectivity index (χ0n) is 12.4. The van der Waals surface area contributed by atoms with E-state index in [4.69, 9.17) is 10.5 Å². The summed E-state index contributed by atoms with van der Waals surface area (Å²) in [6.07, 6.45) is 5.40. The van der Waals surface area contributed by atoms with Gasteiger partial charge in [-0.25, -0.2) is 0 Å². The number of fused-ring (bicyclic) bond motifs is 1. The summed E-state index contributed by atoms with van der Waals surface area (Å²) in [6, 6.07) is 6.40. The van der Waals surface area contributed by atoms with Crippen molar-refractivity contribution < 1.29 is 9.53 Å². The van der Waals surface area contributed by atoms with Crippen LogP contribution in [0.2, 0.25) is 0 Å². The number of hydrogen-bond acceptors (Lipinski definition) is 3. The minimum absolute atomic E-state index is 0.00390. The normalized spacial score (nSPS) is 15.8. The van der Waals surface area contributed by atoms with E-state index in [1.807, 2.05) is 12.1 Å². The van der Waals surface area contributed by atoms with Crippen LogP contribution in [0.1, 0.15) is 38.2 Å². The van der Waals surface area contributed by atoms with E-state index in [1.54, 1.807) is 11.9 Å². The zero-order chi connectivity index (χ0) is 14.5. The van der Waals surface area contributed by atoms with Gasteiger partial charge >= 0.3 is 0 Å². The Balaban J connectivity index is 1.93. The maximum Gasteiger partial charge on any atom is 0.264 e. The van der Waals surface area contributed by atoms with E-state index in [0.717, 1.165) is 43.5 Å². The van der Waals surface area contributed by atoms with Gasteiger partial charge in [-0.2, -0.15) is 0 Å². The second-order valence-electron chi connectivity index (χ2n) is 5.48. The number of carbonyl (C=O) groups excluding carboxylic acids is 1. The predicted octanol–water partition coefficient (Wildman–Crippen LogP) is 2.49. The van der Waals surface area contributed by atoms with Gasteiger partial charge in [-0.1, -0.05) is 19.4 Å². The van der Waals surface area contributed by atoms with Crippen LogP contribution in [0, 0.1) is 0 Å². The molecule has 20 heavy (non-hydrogen) atoms. The number of nitrogens with two attached hydrogens (primary N) is 1. The van der Waals surface area contributed by atoms with Gasteiger partial charge in [-0.15, -0.1) is 0 Å². The number of likely N-dealkylation sites (N-methyl/N-ethyl adjacent to an activating group) is 1. The van der Waals surface area contributed by atoms with E-state index in [1.165, 1.54) is 5.56 Å². The lowest BCUT2D eigenvalue weighted by atomic mass is 10.0. The van der Waals surface area contributed by atoms with Gasteiger partial charge in [-0.3, -0.25) is 4.79 Å². The standard InChI is InChI=1S/C16H24N2O2/c1-3-5-13(17)7-4-6-12-8-9-14-15(10-12)20-11-16(19)18(14)2/h8-10,13H,3-7,11,17H2,1-2H3. The van der Waals surface area contributed by atoms with Crippen LogP contribution in [0.5, 0.6) is 5.75 Å². The number of aryl methyl sites for hydroxylation is 1. The Morgan fingerprint density at radius 2 is 2.20 bits per heavy atom. The topological polar surface area (TPSA) is 55.6 Å². The quantitative estimate of drug-likeness (QED) is 0.868. The number of anilines is 1. The summed E-state index contributed by atoms with van der Waals surface area (Å²) in [5.41, 5.74) is 8.12. The maximum atomic E-state index is 11.5. The molecule has 1 unspecified atom stereocenters. The van der Waals surface area contributed by atoms with Crippen molar-refractivity contribution in [3.63, 3.8) is 0 Å². The highest BCUT2D eigenvalue weighted by Gasteiger charge is 2.21. The molecule has 0 radical (unpaired) electrons. The van der Waals surface area contributed by atoms with E-state index >= 15 is 0 Å². The van der Waals surface area contributed by atoms with Gasteiger partial charge in [0.05, 0.1) is 5.69 Å². The van der Waals surface area contributed by atoms with Crippen LogP contribution in [0.3, 0.4) is 0 Å². The first-order valence-corrected chi connectivity index (χ1v) is 7.39. The first kappa shape index (κ1) is 14.9. The van der Waals surface area contributed by atoms with Crippen molar-refractivity contribution in [1.29, 1.82) is 0 Å². The lowest BCUT2D eigenvalue weighted by Crippen LogP contribution is -2.35. The molecule has 0 saturated carbocycles. The highest BCUT2D eigenvalue weighted by atomic mass is 16.5. The van der Waals surface area contributed by atoms with Gasteiger partial charge < -0.3 is 15.4 Å². The molecule has 0 bridgehead atoms. The van der Waals surface area contributed by atoms with E-state index < -0.39 is 0 Å².